The van der Waals surface area contributed by atoms with Crippen molar-refractivity contribution in [3.8, 4) is 17.2 Å². The van der Waals surface area contributed by atoms with Gasteiger partial charge in [-0.25, -0.2) is 0 Å². The first kappa shape index (κ1) is 27.8. The normalized spacial score (nSPS) is 11.8. The number of hydrogen-bond donors (Lipinski definition) is 0. The molecule has 0 radical (unpaired) electrons. The number of aromatic nitrogens is 3. The van der Waals surface area contributed by atoms with Crippen LogP contribution in [0.2, 0.25) is 10.0 Å². The molecule has 8 nitrogen and oxygen atoms in total. The molecule has 198 valence electrons. The molecule has 0 aliphatic heterocycles. The molecule has 0 fully saturated rings. The monoisotopic (exact) mass is 572 g/mol. The Kier molecular flexibility index (Phi) is 8.81. The average Bonchev–Trinajstić information content (AvgIpc) is 3.24. The summed E-state index contributed by atoms with van der Waals surface area (Å²) in [5.74, 6) is 1.37. The topological polar surface area (TPSA) is 92.3 Å². The van der Waals surface area contributed by atoms with Gasteiger partial charge >= 0.3 is 0 Å². The Hall–Kier alpha value is -3.27. The van der Waals surface area contributed by atoms with Crippen LogP contribution in [0.4, 0.5) is 0 Å². The predicted octanol–water partition coefficient (Wildman–Crippen LogP) is 7.20. The van der Waals surface area contributed by atoms with Gasteiger partial charge in [-0.3, -0.25) is 14.7 Å². The molecular formula is C27H26Cl2N4O4S. The van der Waals surface area contributed by atoms with Crippen molar-refractivity contribution in [2.75, 3.05) is 13.7 Å². The Balaban J connectivity index is 1.67. The number of nitrogens with zero attached hydrogens (tertiary/aromatic N) is 4. The van der Waals surface area contributed by atoms with Gasteiger partial charge in [0.05, 0.1) is 12.1 Å². The molecule has 3 aromatic carbocycles. The van der Waals surface area contributed by atoms with Gasteiger partial charge < -0.3 is 9.47 Å². The van der Waals surface area contributed by atoms with Gasteiger partial charge in [-0.2, -0.15) is 0 Å². The second kappa shape index (κ2) is 12.1. The van der Waals surface area contributed by atoms with Gasteiger partial charge in [0.1, 0.15) is 17.7 Å². The van der Waals surface area contributed by atoms with E-state index in [4.69, 9.17) is 32.7 Å². The lowest BCUT2D eigenvalue weighted by molar-refractivity contribution is -0.479. The van der Waals surface area contributed by atoms with Crippen LogP contribution in [0.3, 0.4) is 0 Å². The van der Waals surface area contributed by atoms with Gasteiger partial charge in [-0.1, -0.05) is 59.2 Å². The van der Waals surface area contributed by atoms with Gasteiger partial charge in [0.2, 0.25) is 6.54 Å². The summed E-state index contributed by atoms with van der Waals surface area (Å²) in [4.78, 5) is 11.3. The molecule has 0 spiro atoms. The molecule has 4 aromatic rings. The Labute approximate surface area is 235 Å². The van der Waals surface area contributed by atoms with Crippen molar-refractivity contribution in [1.29, 1.82) is 0 Å². The largest absolute Gasteiger partial charge is 0.493 e. The Morgan fingerprint density at radius 2 is 1.79 bits per heavy atom. The summed E-state index contributed by atoms with van der Waals surface area (Å²) in [6, 6.07) is 16.8. The van der Waals surface area contributed by atoms with E-state index in [2.05, 4.69) is 10.2 Å². The summed E-state index contributed by atoms with van der Waals surface area (Å²) < 4.78 is 13.4. The van der Waals surface area contributed by atoms with Crippen molar-refractivity contribution >= 4 is 35.0 Å². The zero-order chi connectivity index (χ0) is 27.4. The van der Waals surface area contributed by atoms with Crippen molar-refractivity contribution in [2.24, 2.45) is 0 Å². The first-order valence-corrected chi connectivity index (χ1v) is 13.3. The van der Waals surface area contributed by atoms with E-state index in [9.17, 15) is 10.1 Å². The third kappa shape index (κ3) is 6.23. The van der Waals surface area contributed by atoms with Crippen LogP contribution in [0.5, 0.6) is 11.5 Å². The number of hydrogen-bond acceptors (Lipinski definition) is 7. The zero-order valence-corrected chi connectivity index (χ0v) is 23.6. The van der Waals surface area contributed by atoms with Crippen LogP contribution in [0.1, 0.15) is 33.3 Å². The molecule has 0 aliphatic carbocycles. The Bertz CT molecular complexity index is 1480. The molecule has 0 saturated carbocycles. The molecule has 0 unspecified atom stereocenters. The SMILES string of the molecule is COc1cc([C@H](C[N+](=O)[O-])Sc2nnc(C)n2-c2ccc(C)c(C)c2)cc(Cl)c1OCc1ccccc1Cl. The van der Waals surface area contributed by atoms with E-state index in [0.717, 1.165) is 16.8 Å². The molecule has 0 bridgehead atoms. The third-order valence-corrected chi connectivity index (χ3v) is 7.89. The summed E-state index contributed by atoms with van der Waals surface area (Å²) >= 11 is 14.1. The second-order valence-corrected chi connectivity index (χ2v) is 10.7. The van der Waals surface area contributed by atoms with E-state index in [1.807, 2.05) is 61.7 Å². The maximum Gasteiger partial charge on any atom is 0.220 e. The summed E-state index contributed by atoms with van der Waals surface area (Å²) in [7, 11) is 1.49. The molecule has 38 heavy (non-hydrogen) atoms. The minimum Gasteiger partial charge on any atom is -0.493 e. The molecule has 0 aliphatic rings. The fourth-order valence-electron chi connectivity index (χ4n) is 3.89. The quantitative estimate of drug-likeness (QED) is 0.113. The standard InChI is InChI=1S/C27H26Cl2N4O4S/c1-16-9-10-21(11-17(16)2)33-18(3)30-31-27(33)38-25(14-32(34)35)20-12-23(29)26(24(13-20)36-4)37-15-19-7-5-6-8-22(19)28/h5-13,25H,14-15H2,1-4H3/t25-/m0/s1. The Morgan fingerprint density at radius 1 is 1.03 bits per heavy atom. The number of methoxy groups -OCH3 is 1. The summed E-state index contributed by atoms with van der Waals surface area (Å²) in [5, 5.41) is 21.0. The molecular weight excluding hydrogens is 547 g/mol. The van der Waals surface area contributed by atoms with Crippen molar-refractivity contribution in [2.45, 2.75) is 37.8 Å². The van der Waals surface area contributed by atoms with Crippen molar-refractivity contribution in [3.05, 3.63) is 103 Å². The number of benzene rings is 3. The number of ether oxygens (including phenoxy) is 2. The van der Waals surface area contributed by atoms with Crippen molar-refractivity contribution < 1.29 is 14.4 Å². The molecule has 0 amide bonds. The molecule has 4 rings (SSSR count). The second-order valence-electron chi connectivity index (χ2n) is 8.67. The van der Waals surface area contributed by atoms with Gasteiger partial charge in [0, 0.05) is 21.2 Å². The van der Waals surface area contributed by atoms with Crippen LogP contribution in [0.25, 0.3) is 5.69 Å². The maximum atomic E-state index is 11.7. The first-order valence-electron chi connectivity index (χ1n) is 11.7. The fourth-order valence-corrected chi connectivity index (χ4v) is 5.50. The smallest absolute Gasteiger partial charge is 0.220 e. The molecule has 11 heteroatoms. The minimum absolute atomic E-state index is 0.181. The van der Waals surface area contributed by atoms with Crippen LogP contribution in [-0.4, -0.2) is 33.3 Å². The minimum atomic E-state index is -0.622. The average molecular weight is 574 g/mol. The number of halogens is 2. The van der Waals surface area contributed by atoms with E-state index in [0.29, 0.717) is 33.1 Å². The maximum absolute atomic E-state index is 11.7. The van der Waals surface area contributed by atoms with E-state index in [-0.39, 0.29) is 23.1 Å². The highest BCUT2D eigenvalue weighted by Crippen LogP contribution is 2.43. The number of thioether (sulfide) groups is 1. The van der Waals surface area contributed by atoms with E-state index < -0.39 is 5.25 Å². The lowest BCUT2D eigenvalue weighted by Crippen LogP contribution is -2.12. The third-order valence-electron chi connectivity index (χ3n) is 6.06. The molecule has 1 aromatic heterocycles. The molecule has 0 saturated heterocycles. The summed E-state index contributed by atoms with van der Waals surface area (Å²) in [6.45, 7) is 5.74. The summed E-state index contributed by atoms with van der Waals surface area (Å²) in [6.07, 6.45) is 0. The van der Waals surface area contributed by atoms with Crippen molar-refractivity contribution in [1.82, 2.24) is 14.8 Å². The number of rotatable bonds is 10. The molecule has 1 heterocycles. The lowest BCUT2D eigenvalue weighted by atomic mass is 10.1. The van der Waals surface area contributed by atoms with Crippen LogP contribution in [0.15, 0.2) is 59.8 Å². The highest BCUT2D eigenvalue weighted by atomic mass is 35.5. The van der Waals surface area contributed by atoms with Crippen LogP contribution in [-0.2, 0) is 6.61 Å². The predicted molar refractivity (Wildman–Crippen MR) is 150 cm³/mol. The Morgan fingerprint density at radius 3 is 2.47 bits per heavy atom. The number of aryl methyl sites for hydroxylation is 3. The number of nitro groups is 1. The van der Waals surface area contributed by atoms with Gasteiger partial charge in [-0.15, -0.1) is 10.2 Å². The van der Waals surface area contributed by atoms with Crippen LogP contribution >= 0.6 is 35.0 Å². The highest BCUT2D eigenvalue weighted by molar-refractivity contribution is 7.99. The van der Waals surface area contributed by atoms with Crippen molar-refractivity contribution in [3.63, 3.8) is 0 Å². The first-order chi connectivity index (χ1) is 18.2. The van der Waals surface area contributed by atoms with Gasteiger partial charge in [0.25, 0.3) is 0 Å². The molecule has 1 atom stereocenters. The fraction of sp³-hybridized carbons (Fsp3) is 0.259. The van der Waals surface area contributed by atoms with E-state index in [1.165, 1.54) is 24.4 Å². The van der Waals surface area contributed by atoms with E-state index in [1.54, 1.807) is 18.2 Å². The zero-order valence-electron chi connectivity index (χ0n) is 21.3. The summed E-state index contributed by atoms with van der Waals surface area (Å²) in [5.41, 5.74) is 4.57. The van der Waals surface area contributed by atoms with Gasteiger partial charge in [-0.05, 0) is 67.8 Å². The molecule has 0 N–H and O–H groups in total. The van der Waals surface area contributed by atoms with Gasteiger partial charge in [0.15, 0.2) is 16.7 Å². The van der Waals surface area contributed by atoms with Crippen LogP contribution in [0, 0.1) is 30.9 Å². The van der Waals surface area contributed by atoms with Crippen LogP contribution < -0.4 is 9.47 Å². The lowest BCUT2D eigenvalue weighted by Gasteiger charge is -2.18. The van der Waals surface area contributed by atoms with E-state index >= 15 is 0 Å². The highest BCUT2D eigenvalue weighted by Gasteiger charge is 2.26.